The van der Waals surface area contributed by atoms with Gasteiger partial charge in [-0.25, -0.2) is 15.0 Å². The van der Waals surface area contributed by atoms with Crippen molar-refractivity contribution in [3.63, 3.8) is 0 Å². The first kappa shape index (κ1) is 28.6. The molecule has 2 fully saturated rings. The van der Waals surface area contributed by atoms with Gasteiger partial charge in [0.05, 0.1) is 30.1 Å². The molecule has 4 aromatic heterocycles. The number of nitrogens with one attached hydrogen (secondary N) is 1. The van der Waals surface area contributed by atoms with E-state index in [-0.39, 0.29) is 47.3 Å². The van der Waals surface area contributed by atoms with Gasteiger partial charge in [-0.2, -0.15) is 5.10 Å². The number of likely N-dealkylation sites (tertiary alicyclic amines) is 1. The van der Waals surface area contributed by atoms with Crippen LogP contribution in [0.3, 0.4) is 0 Å². The number of carbonyl (C=O) groups excluding carboxylic acids is 3. The second-order valence-electron chi connectivity index (χ2n) is 11.2. The number of hydrogen-bond acceptors (Lipinski definition) is 9. The number of aromatic nitrogens is 6. The smallest absolute Gasteiger partial charge is 0.316 e. The lowest BCUT2D eigenvalue weighted by Gasteiger charge is -2.27. The number of ketones is 1. The summed E-state index contributed by atoms with van der Waals surface area (Å²) >= 11 is 3.35. The zero-order valence-corrected chi connectivity index (χ0v) is 25.9. The van der Waals surface area contributed by atoms with E-state index in [1.165, 1.54) is 18.7 Å². The van der Waals surface area contributed by atoms with Crippen molar-refractivity contribution in [2.24, 2.45) is 5.41 Å². The van der Waals surface area contributed by atoms with Gasteiger partial charge in [-0.1, -0.05) is 19.6 Å². The number of amides is 2. The second-order valence-corrected chi connectivity index (χ2v) is 12.0. The van der Waals surface area contributed by atoms with Gasteiger partial charge in [-0.15, -0.1) is 0 Å². The predicted molar refractivity (Wildman–Crippen MR) is 161 cm³/mol. The maximum atomic E-state index is 14.0. The molecule has 3 atom stereocenters. The number of rotatable bonds is 7. The number of ether oxygens (including phenoxy) is 1. The average molecular weight is 646 g/mol. The van der Waals surface area contributed by atoms with E-state index >= 15 is 0 Å². The first-order valence-electron chi connectivity index (χ1n) is 13.6. The fourth-order valence-corrected chi connectivity index (χ4v) is 6.30. The van der Waals surface area contributed by atoms with E-state index in [0.29, 0.717) is 44.7 Å². The molecule has 43 heavy (non-hydrogen) atoms. The number of Topliss-reactive ketones (excluding diaryl/α,β-unsaturated/α-hetero) is 1. The predicted octanol–water partition coefficient (Wildman–Crippen LogP) is 4.06. The molecule has 4 aromatic rings. The van der Waals surface area contributed by atoms with E-state index < -0.39 is 6.04 Å². The van der Waals surface area contributed by atoms with Crippen LogP contribution in [0.15, 0.2) is 47.3 Å². The topological polar surface area (TPSA) is 145 Å². The van der Waals surface area contributed by atoms with E-state index in [9.17, 15) is 14.4 Å². The highest BCUT2D eigenvalue weighted by Crippen LogP contribution is 2.63. The molecule has 2 aliphatic rings. The molecule has 1 N–H and O–H groups in total. The first-order valence-corrected chi connectivity index (χ1v) is 14.4. The van der Waals surface area contributed by atoms with E-state index in [4.69, 9.17) is 9.72 Å². The van der Waals surface area contributed by atoms with Gasteiger partial charge in [-0.3, -0.25) is 24.0 Å². The lowest BCUT2D eigenvalue weighted by molar-refractivity contribution is -0.138. The minimum atomic E-state index is -0.719. The van der Waals surface area contributed by atoms with Crippen molar-refractivity contribution in [3.05, 3.63) is 64.3 Å². The summed E-state index contributed by atoms with van der Waals surface area (Å²) < 4.78 is 7.14. The van der Waals surface area contributed by atoms with Crippen LogP contribution in [0.25, 0.3) is 22.2 Å². The van der Waals surface area contributed by atoms with Crippen LogP contribution in [0.5, 0.6) is 6.01 Å². The van der Waals surface area contributed by atoms with Gasteiger partial charge < -0.3 is 15.0 Å². The quantitative estimate of drug-likeness (QED) is 0.179. The van der Waals surface area contributed by atoms with Crippen LogP contribution in [0.1, 0.15) is 42.0 Å². The molecule has 1 aliphatic heterocycles. The Morgan fingerprint density at radius 1 is 1.19 bits per heavy atom. The van der Waals surface area contributed by atoms with E-state index in [0.717, 1.165) is 11.1 Å². The van der Waals surface area contributed by atoms with Crippen molar-refractivity contribution in [3.8, 4) is 17.3 Å². The largest absolute Gasteiger partial charge is 0.467 e. The summed E-state index contributed by atoms with van der Waals surface area (Å²) in [6.45, 7) is 11.1. The fourth-order valence-electron chi connectivity index (χ4n) is 5.99. The number of nitrogens with zero attached hydrogens (tertiary/aromatic N) is 7. The molecule has 12 nitrogen and oxygen atoms in total. The van der Waals surface area contributed by atoms with Gasteiger partial charge in [-0.05, 0) is 59.5 Å². The van der Waals surface area contributed by atoms with Crippen molar-refractivity contribution in [2.75, 3.05) is 12.4 Å². The number of carbonyl (C=O) groups is 3. The van der Waals surface area contributed by atoms with Crippen molar-refractivity contribution < 1.29 is 19.1 Å². The maximum Gasteiger partial charge on any atom is 0.316 e. The van der Waals surface area contributed by atoms with Gasteiger partial charge in [0.15, 0.2) is 5.78 Å². The highest BCUT2D eigenvalue weighted by atomic mass is 79.9. The summed E-state index contributed by atoms with van der Waals surface area (Å²) in [4.78, 5) is 59.2. The number of methoxy groups -OCH3 is 1. The molecule has 0 radical (unpaired) electrons. The molecule has 6 rings (SSSR count). The highest BCUT2D eigenvalue weighted by Gasteiger charge is 2.67. The normalized spacial score (nSPS) is 20.7. The van der Waals surface area contributed by atoms with Crippen molar-refractivity contribution in [1.29, 1.82) is 0 Å². The Hall–Kier alpha value is -4.52. The third kappa shape index (κ3) is 4.77. The van der Waals surface area contributed by atoms with Crippen LogP contribution in [0, 0.1) is 19.3 Å². The Labute approximate surface area is 255 Å². The first-order chi connectivity index (χ1) is 20.4. The van der Waals surface area contributed by atoms with Crippen LogP contribution in [-0.4, -0.2) is 71.4 Å². The second kappa shape index (κ2) is 10.3. The molecule has 0 bridgehead atoms. The number of hydrogen-bond donors (Lipinski definition) is 1. The lowest BCUT2D eigenvalue weighted by atomic mass is 10.0. The average Bonchev–Trinajstić information content (AvgIpc) is 3.25. The number of pyridine rings is 2. The van der Waals surface area contributed by atoms with Crippen molar-refractivity contribution in [2.45, 2.75) is 52.7 Å². The molecular formula is C30H29BrN8O4. The zero-order valence-electron chi connectivity index (χ0n) is 24.3. The third-order valence-electron chi connectivity index (χ3n) is 8.34. The maximum absolute atomic E-state index is 14.0. The number of anilines is 1. The monoisotopic (exact) mass is 644 g/mol. The Kier molecular flexibility index (Phi) is 6.87. The molecule has 0 spiro atoms. The molecule has 1 saturated heterocycles. The fraction of sp³-hybridized carbons (Fsp3) is 0.333. The lowest BCUT2D eigenvalue weighted by Crippen LogP contribution is -2.47. The molecule has 0 aromatic carbocycles. The Bertz CT molecular complexity index is 1850. The number of fused-ring (bicyclic) bond motifs is 2. The summed E-state index contributed by atoms with van der Waals surface area (Å²) in [7, 11) is 1.48. The summed E-state index contributed by atoms with van der Waals surface area (Å²) in [6, 6.07) is 4.64. The number of aryl methyl sites for hydroxylation is 2. The molecule has 1 aliphatic carbocycles. The van der Waals surface area contributed by atoms with Gasteiger partial charge >= 0.3 is 6.01 Å². The van der Waals surface area contributed by atoms with Gasteiger partial charge in [0.25, 0.3) is 0 Å². The van der Waals surface area contributed by atoms with Gasteiger partial charge in [0.2, 0.25) is 11.8 Å². The van der Waals surface area contributed by atoms with Crippen LogP contribution in [-0.2, 0) is 16.1 Å². The minimum absolute atomic E-state index is 0.185. The van der Waals surface area contributed by atoms with Crippen LogP contribution in [0.4, 0.5) is 5.82 Å². The summed E-state index contributed by atoms with van der Waals surface area (Å²) in [5.41, 5.74) is 3.91. The highest BCUT2D eigenvalue weighted by molar-refractivity contribution is 9.10. The van der Waals surface area contributed by atoms with Crippen molar-refractivity contribution >= 4 is 50.2 Å². The summed E-state index contributed by atoms with van der Waals surface area (Å²) in [6.07, 6.45) is 3.63. The molecule has 13 heteroatoms. The molecular weight excluding hydrogens is 616 g/mol. The van der Waals surface area contributed by atoms with Gasteiger partial charge in [0.1, 0.15) is 28.7 Å². The summed E-state index contributed by atoms with van der Waals surface area (Å²) in [5.74, 6) is -0.447. The van der Waals surface area contributed by atoms with E-state index in [1.54, 1.807) is 36.4 Å². The van der Waals surface area contributed by atoms with Crippen LogP contribution in [0.2, 0.25) is 0 Å². The summed E-state index contributed by atoms with van der Waals surface area (Å²) in [5, 5.41) is 8.01. The molecule has 1 saturated carbocycles. The molecule has 2 amide bonds. The van der Waals surface area contributed by atoms with Crippen LogP contribution < -0.4 is 10.1 Å². The zero-order chi connectivity index (χ0) is 30.8. The van der Waals surface area contributed by atoms with Crippen molar-refractivity contribution in [1.82, 2.24) is 34.6 Å². The molecule has 220 valence electrons. The number of halogens is 1. The third-order valence-corrected chi connectivity index (χ3v) is 8.78. The van der Waals surface area contributed by atoms with Crippen LogP contribution >= 0.6 is 15.9 Å². The van der Waals surface area contributed by atoms with E-state index in [1.807, 2.05) is 19.9 Å². The minimum Gasteiger partial charge on any atom is -0.467 e. The Morgan fingerprint density at radius 2 is 1.91 bits per heavy atom. The standard InChI is InChI=1S/C30H29BrN8O4/c1-14-7-8-22(31)35-27(14)36-28(42)21-10-30(5)15(2)26(30)39(21)23(41)13-38-25-16(3)34-20(9-19(25)24(37-38)17(4)40)18-11-32-29(43-6)33-12-18/h7-9,11-12,21,26H,2,10,13H2,1,3-6H3,(H,35,36,42)/t21-,26+,30-/m0/s1. The van der Waals surface area contributed by atoms with Gasteiger partial charge in [0, 0.05) is 35.7 Å². The number of piperidine rings is 1. The van der Waals surface area contributed by atoms with E-state index in [2.05, 4.69) is 47.9 Å². The molecule has 0 unspecified atom stereocenters. The Morgan fingerprint density at radius 3 is 2.58 bits per heavy atom. The SMILES string of the molecule is C=C1[C@H]2N(C(=O)Cn3nc(C(C)=O)c4cc(-c5cnc(OC)nc5)nc(C)c43)[C@H](C(=O)Nc3nc(Br)ccc3C)C[C@@]12C. The Balaban J connectivity index is 1.33. The molecule has 5 heterocycles.